The minimum atomic E-state index is 0.107. The number of carbonyl (C=O) groups is 1. The van der Waals surface area contributed by atoms with Crippen LogP contribution in [0.15, 0.2) is 78.2 Å². The van der Waals surface area contributed by atoms with Gasteiger partial charge in [-0.3, -0.25) is 14.3 Å². The summed E-state index contributed by atoms with van der Waals surface area (Å²) >= 11 is 1.43. The molecule has 8 heteroatoms. The van der Waals surface area contributed by atoms with Crippen LogP contribution >= 0.6 is 11.8 Å². The molecule has 7 nitrogen and oxygen atoms in total. The number of aromatic nitrogens is 5. The van der Waals surface area contributed by atoms with Crippen molar-refractivity contribution in [2.45, 2.75) is 25.0 Å². The van der Waals surface area contributed by atoms with Crippen molar-refractivity contribution >= 4 is 28.6 Å². The monoisotopic (exact) mass is 480 g/mol. The van der Waals surface area contributed by atoms with E-state index in [9.17, 15) is 4.79 Å². The van der Waals surface area contributed by atoms with Crippen LogP contribution in [0.5, 0.6) is 0 Å². The molecule has 0 atom stereocenters. The lowest BCUT2D eigenvalue weighted by Gasteiger charge is -2.27. The Hall–Kier alpha value is -3.91. The first-order valence-corrected chi connectivity index (χ1v) is 12.6. The summed E-state index contributed by atoms with van der Waals surface area (Å²) in [5.41, 5.74) is 6.64. The van der Waals surface area contributed by atoms with Crippen LogP contribution in [0, 0.1) is 6.92 Å². The van der Waals surface area contributed by atoms with E-state index in [1.54, 1.807) is 12.4 Å². The number of rotatable bonds is 5. The van der Waals surface area contributed by atoms with Gasteiger partial charge >= 0.3 is 0 Å². The number of H-pyrrole nitrogens is 1. The maximum Gasteiger partial charge on any atom is 0.233 e. The fourth-order valence-electron chi connectivity index (χ4n) is 4.68. The number of nitrogens with zero attached hydrogens (tertiary/aromatic N) is 5. The highest BCUT2D eigenvalue weighted by Crippen LogP contribution is 2.31. The summed E-state index contributed by atoms with van der Waals surface area (Å²) in [6, 6.07) is 20.3. The highest BCUT2D eigenvalue weighted by molar-refractivity contribution is 7.99. The maximum atomic E-state index is 13.3. The molecule has 5 aromatic rings. The highest BCUT2D eigenvalue weighted by atomic mass is 32.2. The van der Waals surface area contributed by atoms with E-state index in [-0.39, 0.29) is 5.91 Å². The number of para-hydroxylation sites is 2. The molecule has 2 aromatic carbocycles. The molecule has 0 saturated heterocycles. The number of carbonyl (C=O) groups excluding carboxylic acids is 1. The Labute approximate surface area is 207 Å². The topological polar surface area (TPSA) is 79.7 Å². The van der Waals surface area contributed by atoms with Gasteiger partial charge in [0.25, 0.3) is 0 Å². The molecule has 1 N–H and O–H groups in total. The number of thioether (sulfide) groups is 1. The number of nitrogens with one attached hydrogen (secondary N) is 1. The summed E-state index contributed by atoms with van der Waals surface area (Å²) in [5.74, 6) is 1.15. The zero-order valence-electron chi connectivity index (χ0n) is 19.3. The number of aromatic amines is 1. The van der Waals surface area contributed by atoms with E-state index in [1.807, 2.05) is 45.9 Å². The third-order valence-corrected chi connectivity index (χ3v) is 7.40. The summed E-state index contributed by atoms with van der Waals surface area (Å²) in [6.45, 7) is 3.41. The van der Waals surface area contributed by atoms with Crippen LogP contribution in [0.3, 0.4) is 0 Å². The third kappa shape index (κ3) is 4.00. The summed E-state index contributed by atoms with van der Waals surface area (Å²) in [7, 11) is 0. The first kappa shape index (κ1) is 21.6. The Morgan fingerprint density at radius 3 is 2.69 bits per heavy atom. The molecule has 1 aliphatic heterocycles. The average Bonchev–Trinajstić information content (AvgIpc) is 3.49. The Morgan fingerprint density at radius 1 is 1.03 bits per heavy atom. The molecular formula is C27H24N6OS. The van der Waals surface area contributed by atoms with Crippen molar-refractivity contribution in [3.8, 4) is 17.1 Å². The second-order valence-electron chi connectivity index (χ2n) is 8.65. The van der Waals surface area contributed by atoms with Gasteiger partial charge in [0.15, 0.2) is 11.0 Å². The summed E-state index contributed by atoms with van der Waals surface area (Å²) in [5, 5.41) is 10.9. The predicted octanol–water partition coefficient (Wildman–Crippen LogP) is 4.80. The SMILES string of the molecule is Cc1ccccc1-n1c(SCC(=O)N2CCc3[nH]c4ccccc4c3C2)nnc1-c1ccncc1. The zero-order valence-corrected chi connectivity index (χ0v) is 20.1. The van der Waals surface area contributed by atoms with Crippen LogP contribution in [0.25, 0.3) is 28.0 Å². The Bertz CT molecular complexity index is 1520. The number of aryl methyl sites for hydroxylation is 1. The first-order valence-electron chi connectivity index (χ1n) is 11.6. The van der Waals surface area contributed by atoms with Crippen LogP contribution in [0.1, 0.15) is 16.8 Å². The van der Waals surface area contributed by atoms with Gasteiger partial charge in [0.05, 0.1) is 11.4 Å². The second-order valence-corrected chi connectivity index (χ2v) is 9.59. The lowest BCUT2D eigenvalue weighted by molar-refractivity contribution is -0.129. The molecule has 174 valence electrons. The molecule has 1 amide bonds. The zero-order chi connectivity index (χ0) is 23.8. The van der Waals surface area contributed by atoms with E-state index in [0.29, 0.717) is 24.0 Å². The number of benzene rings is 2. The normalized spacial score (nSPS) is 13.2. The van der Waals surface area contributed by atoms with Gasteiger partial charge in [-0.15, -0.1) is 10.2 Å². The molecule has 4 heterocycles. The van der Waals surface area contributed by atoms with Crippen molar-refractivity contribution in [3.63, 3.8) is 0 Å². The maximum absolute atomic E-state index is 13.3. The van der Waals surface area contributed by atoms with E-state index >= 15 is 0 Å². The van der Waals surface area contributed by atoms with Gasteiger partial charge in [-0.25, -0.2) is 0 Å². The van der Waals surface area contributed by atoms with E-state index in [4.69, 9.17) is 0 Å². The molecule has 0 aliphatic carbocycles. The number of fused-ring (bicyclic) bond motifs is 3. The van der Waals surface area contributed by atoms with Crippen LogP contribution in [0.4, 0.5) is 0 Å². The van der Waals surface area contributed by atoms with Gasteiger partial charge in [-0.1, -0.05) is 48.2 Å². The van der Waals surface area contributed by atoms with E-state index < -0.39 is 0 Å². The Balaban J connectivity index is 1.26. The molecule has 0 fully saturated rings. The first-order chi connectivity index (χ1) is 17.2. The highest BCUT2D eigenvalue weighted by Gasteiger charge is 2.25. The molecule has 0 bridgehead atoms. The van der Waals surface area contributed by atoms with Crippen LogP contribution in [-0.2, 0) is 17.8 Å². The minimum Gasteiger partial charge on any atom is -0.358 e. The number of amides is 1. The largest absolute Gasteiger partial charge is 0.358 e. The van der Waals surface area contributed by atoms with Gasteiger partial charge in [0, 0.05) is 59.6 Å². The van der Waals surface area contributed by atoms with Gasteiger partial charge in [-0.05, 0) is 36.8 Å². The Kier molecular flexibility index (Phi) is 5.58. The van der Waals surface area contributed by atoms with Crippen molar-refractivity contribution in [3.05, 3.63) is 89.9 Å². The predicted molar refractivity (Wildman–Crippen MR) is 137 cm³/mol. The smallest absolute Gasteiger partial charge is 0.233 e. The molecule has 0 radical (unpaired) electrons. The van der Waals surface area contributed by atoms with E-state index in [0.717, 1.165) is 34.6 Å². The number of pyridine rings is 1. The molecule has 35 heavy (non-hydrogen) atoms. The molecule has 6 rings (SSSR count). The summed E-state index contributed by atoms with van der Waals surface area (Å²) in [4.78, 5) is 22.9. The quantitative estimate of drug-likeness (QED) is 0.366. The van der Waals surface area contributed by atoms with Gasteiger partial charge in [0.2, 0.25) is 5.91 Å². The third-order valence-electron chi connectivity index (χ3n) is 6.49. The van der Waals surface area contributed by atoms with Crippen molar-refractivity contribution in [2.24, 2.45) is 0 Å². The average molecular weight is 481 g/mol. The Morgan fingerprint density at radius 2 is 1.83 bits per heavy atom. The molecule has 0 saturated carbocycles. The standard InChI is InChI=1S/C27H24N6OS/c1-18-6-2-5-9-24(18)33-26(19-10-13-28-14-11-19)30-31-27(33)35-17-25(34)32-15-12-23-21(16-32)20-7-3-4-8-22(20)29-23/h2-11,13-14,29H,12,15-17H2,1H3. The number of hydrogen-bond donors (Lipinski definition) is 1. The van der Waals surface area contributed by atoms with Gasteiger partial charge in [-0.2, -0.15) is 0 Å². The lowest BCUT2D eigenvalue weighted by atomic mass is 10.0. The fraction of sp³-hybridized carbons (Fsp3) is 0.185. The van der Waals surface area contributed by atoms with Crippen molar-refractivity contribution < 1.29 is 4.79 Å². The summed E-state index contributed by atoms with van der Waals surface area (Å²) < 4.78 is 2.04. The minimum absolute atomic E-state index is 0.107. The van der Waals surface area contributed by atoms with Crippen LogP contribution < -0.4 is 0 Å². The molecular weight excluding hydrogens is 456 g/mol. The number of hydrogen-bond acceptors (Lipinski definition) is 5. The molecule has 0 unspecified atom stereocenters. The molecule has 3 aromatic heterocycles. The van der Waals surface area contributed by atoms with E-state index in [1.165, 1.54) is 28.4 Å². The van der Waals surface area contributed by atoms with Gasteiger partial charge in [0.1, 0.15) is 0 Å². The van der Waals surface area contributed by atoms with Crippen molar-refractivity contribution in [1.82, 2.24) is 29.6 Å². The van der Waals surface area contributed by atoms with E-state index in [2.05, 4.69) is 51.4 Å². The van der Waals surface area contributed by atoms with Gasteiger partial charge < -0.3 is 9.88 Å². The van der Waals surface area contributed by atoms with Crippen molar-refractivity contribution in [2.75, 3.05) is 12.3 Å². The molecule has 1 aliphatic rings. The van der Waals surface area contributed by atoms with Crippen LogP contribution in [-0.4, -0.2) is 47.8 Å². The molecule has 0 spiro atoms. The second kappa shape index (κ2) is 9.03. The van der Waals surface area contributed by atoms with Crippen LogP contribution in [0.2, 0.25) is 0 Å². The fourth-order valence-corrected chi connectivity index (χ4v) is 5.53. The van der Waals surface area contributed by atoms with Crippen molar-refractivity contribution in [1.29, 1.82) is 0 Å². The summed E-state index contributed by atoms with van der Waals surface area (Å²) in [6.07, 6.45) is 4.34. The lowest BCUT2D eigenvalue weighted by Crippen LogP contribution is -2.36.